The molecule has 0 amide bonds. The van der Waals surface area contributed by atoms with E-state index in [1.54, 1.807) is 36.7 Å². The van der Waals surface area contributed by atoms with E-state index in [0.717, 1.165) is 16.7 Å². The van der Waals surface area contributed by atoms with Gasteiger partial charge in [-0.05, 0) is 41.0 Å². The molecule has 0 unspecified atom stereocenters. The Kier molecular flexibility index (Phi) is 4.05. The van der Waals surface area contributed by atoms with Crippen molar-refractivity contribution >= 4 is 5.78 Å². The lowest BCUT2D eigenvalue weighted by atomic mass is 10.0. The molecule has 1 aromatic heterocycles. The van der Waals surface area contributed by atoms with E-state index in [9.17, 15) is 9.18 Å². The minimum atomic E-state index is -0.248. The topological polar surface area (TPSA) is 30.0 Å². The molecule has 3 aromatic rings. The second-order valence-corrected chi connectivity index (χ2v) is 5.05. The molecule has 0 saturated heterocycles. The van der Waals surface area contributed by atoms with Crippen LogP contribution in [0.5, 0.6) is 0 Å². The number of Topliss-reactive ketones (excluding diaryl/α,β-unsaturated/α-hetero) is 1. The summed E-state index contributed by atoms with van der Waals surface area (Å²) >= 11 is 0. The van der Waals surface area contributed by atoms with Gasteiger partial charge in [-0.1, -0.05) is 36.4 Å². The third kappa shape index (κ3) is 3.26. The zero-order valence-corrected chi connectivity index (χ0v) is 11.9. The number of hydrogen-bond donors (Lipinski definition) is 0. The minimum absolute atomic E-state index is 0.0441. The van der Waals surface area contributed by atoms with Gasteiger partial charge in [-0.25, -0.2) is 4.39 Å². The van der Waals surface area contributed by atoms with Gasteiger partial charge in [-0.3, -0.25) is 9.78 Å². The fraction of sp³-hybridized carbons (Fsp3) is 0.0526. The lowest BCUT2D eigenvalue weighted by Gasteiger charge is -2.05. The van der Waals surface area contributed by atoms with Crippen LogP contribution in [-0.2, 0) is 6.42 Å². The molecule has 0 bridgehead atoms. The first-order valence-electron chi connectivity index (χ1n) is 7.00. The monoisotopic (exact) mass is 291 g/mol. The standard InChI is InChI=1S/C19H14FNO/c20-18-9-7-16(8-10-18)15-5-3-14(4-6-15)12-19(22)17-2-1-11-21-13-17/h1-11,13H,12H2. The molecule has 1 heterocycles. The van der Waals surface area contributed by atoms with Gasteiger partial charge in [0.15, 0.2) is 5.78 Å². The number of pyridine rings is 1. The number of nitrogens with zero attached hydrogens (tertiary/aromatic N) is 1. The second-order valence-electron chi connectivity index (χ2n) is 5.05. The summed E-state index contributed by atoms with van der Waals surface area (Å²) in [6.45, 7) is 0. The first kappa shape index (κ1) is 14.1. The summed E-state index contributed by atoms with van der Waals surface area (Å²) in [5.41, 5.74) is 3.51. The predicted octanol–water partition coefficient (Wildman–Crippen LogP) is 4.31. The molecular weight excluding hydrogens is 277 g/mol. The molecule has 3 heteroatoms. The van der Waals surface area contributed by atoms with E-state index >= 15 is 0 Å². The van der Waals surface area contributed by atoms with Gasteiger partial charge in [0.25, 0.3) is 0 Å². The third-order valence-electron chi connectivity index (χ3n) is 3.48. The van der Waals surface area contributed by atoms with Gasteiger partial charge < -0.3 is 0 Å². The largest absolute Gasteiger partial charge is 0.294 e. The lowest BCUT2D eigenvalue weighted by Crippen LogP contribution is -2.03. The van der Waals surface area contributed by atoms with E-state index in [1.165, 1.54) is 12.1 Å². The molecule has 0 saturated carbocycles. The maximum Gasteiger partial charge on any atom is 0.168 e. The number of carbonyl (C=O) groups is 1. The molecule has 0 spiro atoms. The molecular formula is C19H14FNO. The van der Waals surface area contributed by atoms with E-state index in [2.05, 4.69) is 4.98 Å². The molecule has 22 heavy (non-hydrogen) atoms. The van der Waals surface area contributed by atoms with Gasteiger partial charge in [0.05, 0.1) is 0 Å². The number of benzene rings is 2. The molecule has 3 rings (SSSR count). The Hall–Kier alpha value is -2.81. The van der Waals surface area contributed by atoms with Gasteiger partial charge in [-0.15, -0.1) is 0 Å². The van der Waals surface area contributed by atoms with Crippen molar-refractivity contribution in [3.05, 3.63) is 90.0 Å². The van der Waals surface area contributed by atoms with Crippen LogP contribution < -0.4 is 0 Å². The fourth-order valence-electron chi connectivity index (χ4n) is 2.27. The number of ketones is 1. The van der Waals surface area contributed by atoms with E-state index in [0.29, 0.717) is 12.0 Å². The molecule has 0 N–H and O–H groups in total. The van der Waals surface area contributed by atoms with Crippen LogP contribution in [0.3, 0.4) is 0 Å². The minimum Gasteiger partial charge on any atom is -0.294 e. The highest BCUT2D eigenvalue weighted by atomic mass is 19.1. The lowest BCUT2D eigenvalue weighted by molar-refractivity contribution is 0.0992. The molecule has 108 valence electrons. The summed E-state index contributed by atoms with van der Waals surface area (Å²) < 4.78 is 12.9. The van der Waals surface area contributed by atoms with Crippen molar-refractivity contribution in [1.29, 1.82) is 0 Å². The van der Waals surface area contributed by atoms with Crippen molar-refractivity contribution in [2.75, 3.05) is 0 Å². The van der Waals surface area contributed by atoms with Crippen LogP contribution in [0.1, 0.15) is 15.9 Å². The smallest absolute Gasteiger partial charge is 0.168 e. The fourth-order valence-corrected chi connectivity index (χ4v) is 2.27. The zero-order valence-electron chi connectivity index (χ0n) is 11.9. The van der Waals surface area contributed by atoms with E-state index in [1.807, 2.05) is 24.3 Å². The first-order valence-corrected chi connectivity index (χ1v) is 7.00. The van der Waals surface area contributed by atoms with Gasteiger partial charge in [-0.2, -0.15) is 0 Å². The van der Waals surface area contributed by atoms with Crippen molar-refractivity contribution in [2.24, 2.45) is 0 Å². The maximum atomic E-state index is 12.9. The molecule has 0 aliphatic rings. The summed E-state index contributed by atoms with van der Waals surface area (Å²) in [4.78, 5) is 16.1. The van der Waals surface area contributed by atoms with Crippen molar-refractivity contribution in [2.45, 2.75) is 6.42 Å². The Morgan fingerprint density at radius 3 is 2.14 bits per heavy atom. The Labute approximate surface area is 128 Å². The van der Waals surface area contributed by atoms with Gasteiger partial charge in [0.2, 0.25) is 0 Å². The van der Waals surface area contributed by atoms with Gasteiger partial charge in [0.1, 0.15) is 5.82 Å². The summed E-state index contributed by atoms with van der Waals surface area (Å²) in [6.07, 6.45) is 3.57. The van der Waals surface area contributed by atoms with Crippen LogP contribution in [0.2, 0.25) is 0 Å². The molecule has 2 nitrogen and oxygen atoms in total. The van der Waals surface area contributed by atoms with Crippen molar-refractivity contribution in [1.82, 2.24) is 4.98 Å². The van der Waals surface area contributed by atoms with Crippen LogP contribution in [0.15, 0.2) is 73.1 Å². The average Bonchev–Trinajstić information content (AvgIpc) is 2.57. The van der Waals surface area contributed by atoms with Crippen LogP contribution >= 0.6 is 0 Å². The second kappa shape index (κ2) is 6.31. The normalized spacial score (nSPS) is 10.4. The van der Waals surface area contributed by atoms with Gasteiger partial charge in [0, 0.05) is 24.4 Å². The SMILES string of the molecule is O=C(Cc1ccc(-c2ccc(F)cc2)cc1)c1cccnc1. The van der Waals surface area contributed by atoms with Crippen molar-refractivity contribution in [3.63, 3.8) is 0 Å². The summed E-state index contributed by atoms with van der Waals surface area (Å²) in [6, 6.07) is 17.6. The molecule has 2 aromatic carbocycles. The number of hydrogen-bond acceptors (Lipinski definition) is 2. The maximum absolute atomic E-state index is 12.9. The molecule has 0 atom stereocenters. The predicted molar refractivity (Wildman–Crippen MR) is 84.1 cm³/mol. The van der Waals surface area contributed by atoms with Crippen LogP contribution in [0.4, 0.5) is 4.39 Å². The molecule has 0 aliphatic carbocycles. The van der Waals surface area contributed by atoms with Gasteiger partial charge >= 0.3 is 0 Å². The Morgan fingerprint density at radius 2 is 1.55 bits per heavy atom. The Morgan fingerprint density at radius 1 is 0.909 bits per heavy atom. The number of halogens is 1. The first-order chi connectivity index (χ1) is 10.7. The number of carbonyl (C=O) groups excluding carboxylic acids is 1. The zero-order chi connectivity index (χ0) is 15.4. The highest BCUT2D eigenvalue weighted by Crippen LogP contribution is 2.20. The van der Waals surface area contributed by atoms with Crippen LogP contribution in [0.25, 0.3) is 11.1 Å². The van der Waals surface area contributed by atoms with Crippen LogP contribution in [0, 0.1) is 5.82 Å². The third-order valence-corrected chi connectivity index (χ3v) is 3.48. The van der Waals surface area contributed by atoms with E-state index < -0.39 is 0 Å². The molecule has 0 aliphatic heterocycles. The highest BCUT2D eigenvalue weighted by molar-refractivity contribution is 5.97. The van der Waals surface area contributed by atoms with Crippen molar-refractivity contribution < 1.29 is 9.18 Å². The van der Waals surface area contributed by atoms with Crippen LogP contribution in [-0.4, -0.2) is 10.8 Å². The molecule has 0 radical (unpaired) electrons. The Balaban J connectivity index is 1.74. The van der Waals surface area contributed by atoms with E-state index in [4.69, 9.17) is 0 Å². The summed E-state index contributed by atoms with van der Waals surface area (Å²) in [5, 5.41) is 0. The number of rotatable bonds is 4. The Bertz CT molecular complexity index is 765. The highest BCUT2D eigenvalue weighted by Gasteiger charge is 2.07. The number of aromatic nitrogens is 1. The molecule has 0 fully saturated rings. The van der Waals surface area contributed by atoms with E-state index in [-0.39, 0.29) is 11.6 Å². The van der Waals surface area contributed by atoms with Crippen molar-refractivity contribution in [3.8, 4) is 11.1 Å². The summed E-state index contributed by atoms with van der Waals surface area (Å²) in [7, 11) is 0. The average molecular weight is 291 g/mol. The quantitative estimate of drug-likeness (QED) is 0.670. The summed E-state index contributed by atoms with van der Waals surface area (Å²) in [5.74, 6) is -0.204.